The van der Waals surface area contributed by atoms with Gasteiger partial charge in [0.05, 0.1) is 0 Å². The molecule has 0 spiro atoms. The van der Waals surface area contributed by atoms with Crippen molar-refractivity contribution in [3.05, 3.63) is 12.2 Å². The fourth-order valence-electron chi connectivity index (χ4n) is 1.09. The summed E-state index contributed by atoms with van der Waals surface area (Å²) >= 11 is 9.15. The number of halogens is 6. The van der Waals surface area contributed by atoms with E-state index < -0.39 is 22.7 Å². The highest BCUT2D eigenvalue weighted by Gasteiger charge is 2.69. The first-order chi connectivity index (χ1) is 6.64. The van der Waals surface area contributed by atoms with Gasteiger partial charge in [-0.3, -0.25) is 0 Å². The fourth-order valence-corrected chi connectivity index (χ4v) is 1.59. The Morgan fingerprint density at radius 1 is 1.27 bits per heavy atom. The summed E-state index contributed by atoms with van der Waals surface area (Å²) in [4.78, 5) is 0. The van der Waals surface area contributed by atoms with E-state index in [2.05, 4.69) is 32.7 Å². The molecule has 8 heteroatoms. The molecule has 0 aliphatic carbocycles. The Bertz CT molecular complexity index is 257. The summed E-state index contributed by atoms with van der Waals surface area (Å²) in [5.74, 6) is 0. The van der Waals surface area contributed by atoms with Crippen molar-refractivity contribution in [2.45, 2.75) is 22.7 Å². The highest BCUT2D eigenvalue weighted by atomic mass is 35.5. The lowest BCUT2D eigenvalue weighted by Crippen LogP contribution is -2.55. The normalized spacial score (nSPS) is 25.9. The van der Waals surface area contributed by atoms with Gasteiger partial charge in [-0.05, 0) is 35.4 Å². The van der Waals surface area contributed by atoms with Crippen LogP contribution in [0.5, 0.6) is 0 Å². The lowest BCUT2D eigenvalue weighted by molar-refractivity contribution is -0.255. The zero-order valence-corrected chi connectivity index (χ0v) is 8.83. The summed E-state index contributed by atoms with van der Waals surface area (Å²) in [5, 5.41) is -8.72. The van der Waals surface area contributed by atoms with E-state index in [0.717, 1.165) is 13.2 Å². The molecule has 0 fully saturated rings. The van der Waals surface area contributed by atoms with Crippen molar-refractivity contribution in [2.75, 3.05) is 7.11 Å². The molecule has 1 atom stereocenters. The SMILES string of the molecule is COC1C=CC(C(F)(F)Cl)(C(F)(F)Cl)O1. The van der Waals surface area contributed by atoms with Gasteiger partial charge in [-0.1, -0.05) is 0 Å². The van der Waals surface area contributed by atoms with Crippen molar-refractivity contribution >= 4 is 23.2 Å². The highest BCUT2D eigenvalue weighted by molar-refractivity contribution is 6.26. The van der Waals surface area contributed by atoms with Crippen LogP contribution in [0.15, 0.2) is 12.2 Å². The second-order valence-corrected chi connectivity index (χ2v) is 3.76. The summed E-state index contributed by atoms with van der Waals surface area (Å²) in [7, 11) is 1.10. The van der Waals surface area contributed by atoms with E-state index >= 15 is 0 Å². The minimum Gasteiger partial charge on any atom is -0.352 e. The molecule has 0 N–H and O–H groups in total. The third-order valence-corrected chi connectivity index (χ3v) is 2.43. The number of ether oxygens (including phenoxy) is 2. The van der Waals surface area contributed by atoms with Gasteiger partial charge in [-0.15, -0.1) is 0 Å². The first-order valence-corrected chi connectivity index (χ1v) is 4.43. The highest BCUT2D eigenvalue weighted by Crippen LogP contribution is 2.52. The minimum atomic E-state index is -4.36. The fraction of sp³-hybridized carbons (Fsp3) is 0.714. The molecule has 88 valence electrons. The van der Waals surface area contributed by atoms with Gasteiger partial charge in [0.2, 0.25) is 5.60 Å². The number of alkyl halides is 6. The van der Waals surface area contributed by atoms with Gasteiger partial charge >= 0.3 is 10.8 Å². The van der Waals surface area contributed by atoms with E-state index in [9.17, 15) is 17.6 Å². The van der Waals surface area contributed by atoms with Gasteiger partial charge in [-0.25, -0.2) is 0 Å². The lowest BCUT2D eigenvalue weighted by atomic mass is 10.1. The van der Waals surface area contributed by atoms with E-state index in [1.54, 1.807) is 0 Å². The Hall–Kier alpha value is -0.0400. The zero-order valence-electron chi connectivity index (χ0n) is 7.32. The third-order valence-electron chi connectivity index (χ3n) is 1.86. The van der Waals surface area contributed by atoms with Crippen LogP contribution in [0.25, 0.3) is 0 Å². The van der Waals surface area contributed by atoms with Crippen molar-refractivity contribution < 1.29 is 27.0 Å². The van der Waals surface area contributed by atoms with Crippen LogP contribution in [0, 0.1) is 0 Å². The molecule has 0 aromatic heterocycles. The smallest absolute Gasteiger partial charge is 0.352 e. The molecule has 0 amide bonds. The van der Waals surface area contributed by atoms with Crippen LogP contribution in [0.3, 0.4) is 0 Å². The van der Waals surface area contributed by atoms with E-state index in [4.69, 9.17) is 0 Å². The van der Waals surface area contributed by atoms with Gasteiger partial charge in [0.15, 0.2) is 6.29 Å². The van der Waals surface area contributed by atoms with Crippen LogP contribution >= 0.6 is 23.2 Å². The molecular weight excluding hydrogens is 263 g/mol. The summed E-state index contributed by atoms with van der Waals surface area (Å²) in [5.41, 5.74) is -3.40. The van der Waals surface area contributed by atoms with Gasteiger partial charge in [0.25, 0.3) is 0 Å². The molecule has 0 saturated carbocycles. The Balaban J connectivity index is 3.09. The zero-order chi connectivity index (χ0) is 11.9. The molecular formula is C7H6Cl2F4O2. The average Bonchev–Trinajstić information content (AvgIpc) is 2.45. The van der Waals surface area contributed by atoms with Crippen LogP contribution in [-0.2, 0) is 9.47 Å². The molecule has 0 bridgehead atoms. The van der Waals surface area contributed by atoms with Gasteiger partial charge in [0, 0.05) is 7.11 Å². The summed E-state index contributed by atoms with van der Waals surface area (Å²) in [6.07, 6.45) is -0.0486. The van der Waals surface area contributed by atoms with Crippen LogP contribution in [0.2, 0.25) is 0 Å². The number of hydrogen-bond acceptors (Lipinski definition) is 2. The van der Waals surface area contributed by atoms with Crippen molar-refractivity contribution in [2.24, 2.45) is 0 Å². The monoisotopic (exact) mass is 268 g/mol. The summed E-state index contributed by atoms with van der Waals surface area (Å²) in [6.45, 7) is 0. The first kappa shape index (κ1) is 13.0. The molecule has 1 heterocycles. The van der Waals surface area contributed by atoms with Gasteiger partial charge < -0.3 is 9.47 Å². The van der Waals surface area contributed by atoms with E-state index in [0.29, 0.717) is 6.08 Å². The quantitative estimate of drug-likeness (QED) is 0.445. The van der Waals surface area contributed by atoms with Crippen molar-refractivity contribution in [3.8, 4) is 0 Å². The van der Waals surface area contributed by atoms with Crippen LogP contribution in [0.4, 0.5) is 17.6 Å². The number of methoxy groups -OCH3 is 1. The predicted octanol–water partition coefficient (Wildman–Crippen LogP) is 2.95. The Kier molecular flexibility index (Phi) is 3.27. The predicted molar refractivity (Wildman–Crippen MR) is 45.4 cm³/mol. The summed E-state index contributed by atoms with van der Waals surface area (Å²) in [6, 6.07) is 0. The summed E-state index contributed by atoms with van der Waals surface area (Å²) < 4.78 is 60.2. The van der Waals surface area contributed by atoms with Crippen molar-refractivity contribution in [3.63, 3.8) is 0 Å². The average molecular weight is 269 g/mol. The van der Waals surface area contributed by atoms with Crippen molar-refractivity contribution in [1.82, 2.24) is 0 Å². The van der Waals surface area contributed by atoms with E-state index in [-0.39, 0.29) is 0 Å². The molecule has 1 unspecified atom stereocenters. The van der Waals surface area contributed by atoms with E-state index in [1.165, 1.54) is 0 Å². The minimum absolute atomic E-state index is 0.404. The lowest BCUT2D eigenvalue weighted by Gasteiger charge is -2.34. The first-order valence-electron chi connectivity index (χ1n) is 3.67. The molecule has 15 heavy (non-hydrogen) atoms. The van der Waals surface area contributed by atoms with Crippen LogP contribution < -0.4 is 0 Å². The maximum Gasteiger partial charge on any atom is 0.361 e. The largest absolute Gasteiger partial charge is 0.361 e. The van der Waals surface area contributed by atoms with E-state index in [1.807, 2.05) is 0 Å². The molecule has 1 aliphatic heterocycles. The number of hydrogen-bond donors (Lipinski definition) is 0. The molecule has 0 aromatic carbocycles. The topological polar surface area (TPSA) is 18.5 Å². The second-order valence-electron chi connectivity index (χ2n) is 2.81. The molecule has 1 aliphatic rings. The molecule has 0 saturated heterocycles. The third kappa shape index (κ3) is 2.08. The maximum absolute atomic E-state index is 12.9. The molecule has 2 nitrogen and oxygen atoms in total. The van der Waals surface area contributed by atoms with Crippen LogP contribution in [0.1, 0.15) is 0 Å². The molecule has 0 aromatic rings. The van der Waals surface area contributed by atoms with Crippen LogP contribution in [-0.4, -0.2) is 29.8 Å². The Morgan fingerprint density at radius 3 is 1.93 bits per heavy atom. The second kappa shape index (κ2) is 3.76. The van der Waals surface area contributed by atoms with Gasteiger partial charge in [-0.2, -0.15) is 17.6 Å². The van der Waals surface area contributed by atoms with Crippen molar-refractivity contribution in [1.29, 1.82) is 0 Å². The number of rotatable bonds is 3. The van der Waals surface area contributed by atoms with Gasteiger partial charge in [0.1, 0.15) is 0 Å². The molecule has 1 rings (SSSR count). The Labute approximate surface area is 92.7 Å². The standard InChI is InChI=1S/C7H6Cl2F4O2/c1-14-4-2-3-5(15-4,6(8,10)11)7(9,12)13/h2-4H,1H3. The Morgan fingerprint density at radius 2 is 1.73 bits per heavy atom. The maximum atomic E-state index is 12.9. The molecule has 0 radical (unpaired) electrons.